The first kappa shape index (κ1) is 18.7. The first-order valence-electron chi connectivity index (χ1n) is 8.08. The van der Waals surface area contributed by atoms with E-state index in [2.05, 4.69) is 10.6 Å². The molecule has 0 bridgehead atoms. The highest BCUT2D eigenvalue weighted by molar-refractivity contribution is 5.74. The van der Waals surface area contributed by atoms with Gasteiger partial charge in [-0.2, -0.15) is 0 Å². The Morgan fingerprint density at radius 1 is 1.20 bits per heavy atom. The maximum Gasteiger partial charge on any atom is 0.315 e. The Hall–Kier alpha value is -2.60. The van der Waals surface area contributed by atoms with E-state index in [9.17, 15) is 14.3 Å². The highest BCUT2D eigenvalue weighted by Gasteiger charge is 2.15. The molecule has 5 nitrogen and oxygen atoms in total. The second-order valence-electron chi connectivity index (χ2n) is 5.80. The molecule has 134 valence electrons. The van der Waals surface area contributed by atoms with Crippen molar-refractivity contribution in [3.05, 3.63) is 65.5 Å². The van der Waals surface area contributed by atoms with Crippen molar-refractivity contribution in [1.29, 1.82) is 0 Å². The standard InChI is InChI=1S/C19H23FN2O3/c1-13(15-8-9-18(25-2)17(20)11-15)21-19(24)22-16(12-23)10-14-6-4-3-5-7-14/h3-9,11,13,16,23H,10,12H2,1-2H3,(H2,21,22,24). The lowest BCUT2D eigenvalue weighted by atomic mass is 10.1. The third-order valence-electron chi connectivity index (χ3n) is 3.90. The molecule has 2 aromatic carbocycles. The number of aliphatic hydroxyl groups is 1. The quantitative estimate of drug-likeness (QED) is 0.722. The van der Waals surface area contributed by atoms with Gasteiger partial charge in [0.15, 0.2) is 11.6 Å². The van der Waals surface area contributed by atoms with Crippen LogP contribution in [-0.4, -0.2) is 30.9 Å². The molecule has 6 heteroatoms. The molecule has 2 amide bonds. The van der Waals surface area contributed by atoms with Gasteiger partial charge in [-0.05, 0) is 36.6 Å². The number of benzene rings is 2. The molecule has 2 aromatic rings. The number of urea groups is 1. The van der Waals surface area contributed by atoms with Crippen LogP contribution in [0.15, 0.2) is 48.5 Å². The van der Waals surface area contributed by atoms with Crippen LogP contribution in [0.2, 0.25) is 0 Å². The lowest BCUT2D eigenvalue weighted by Crippen LogP contribution is -2.45. The minimum Gasteiger partial charge on any atom is -0.494 e. The fourth-order valence-electron chi connectivity index (χ4n) is 2.52. The van der Waals surface area contributed by atoms with Gasteiger partial charge in [0.25, 0.3) is 0 Å². The number of rotatable bonds is 7. The molecule has 2 atom stereocenters. The molecule has 0 saturated heterocycles. The molecule has 0 aliphatic rings. The number of hydrogen-bond donors (Lipinski definition) is 3. The Morgan fingerprint density at radius 2 is 1.92 bits per heavy atom. The third-order valence-corrected chi connectivity index (χ3v) is 3.90. The van der Waals surface area contributed by atoms with Gasteiger partial charge in [-0.15, -0.1) is 0 Å². The van der Waals surface area contributed by atoms with Gasteiger partial charge in [-0.3, -0.25) is 0 Å². The maximum atomic E-state index is 13.8. The molecule has 2 rings (SSSR count). The van der Waals surface area contributed by atoms with E-state index in [1.165, 1.54) is 19.2 Å². The molecule has 3 N–H and O–H groups in total. The summed E-state index contributed by atoms with van der Waals surface area (Å²) in [6.45, 7) is 1.58. The third kappa shape index (κ3) is 5.46. The Labute approximate surface area is 146 Å². The van der Waals surface area contributed by atoms with Gasteiger partial charge in [0.05, 0.1) is 25.8 Å². The number of amides is 2. The van der Waals surface area contributed by atoms with Crippen molar-refractivity contribution in [3.63, 3.8) is 0 Å². The fourth-order valence-corrected chi connectivity index (χ4v) is 2.52. The maximum absolute atomic E-state index is 13.8. The van der Waals surface area contributed by atoms with Crippen LogP contribution in [0.5, 0.6) is 5.75 Å². The Balaban J connectivity index is 1.92. The molecular formula is C19H23FN2O3. The van der Waals surface area contributed by atoms with Crippen LogP contribution in [-0.2, 0) is 6.42 Å². The Kier molecular flexibility index (Phi) is 6.77. The lowest BCUT2D eigenvalue weighted by molar-refractivity contribution is 0.213. The van der Waals surface area contributed by atoms with Crippen molar-refractivity contribution in [2.45, 2.75) is 25.4 Å². The van der Waals surface area contributed by atoms with Crippen LogP contribution in [0.4, 0.5) is 9.18 Å². The van der Waals surface area contributed by atoms with Gasteiger partial charge >= 0.3 is 6.03 Å². The monoisotopic (exact) mass is 346 g/mol. The smallest absolute Gasteiger partial charge is 0.315 e. The van der Waals surface area contributed by atoms with E-state index in [1.54, 1.807) is 13.0 Å². The van der Waals surface area contributed by atoms with Crippen LogP contribution in [0.25, 0.3) is 0 Å². The van der Waals surface area contributed by atoms with Crippen molar-refractivity contribution in [2.75, 3.05) is 13.7 Å². The summed E-state index contributed by atoms with van der Waals surface area (Å²) >= 11 is 0. The number of aliphatic hydroxyl groups excluding tert-OH is 1. The van der Waals surface area contributed by atoms with E-state index in [0.717, 1.165) is 5.56 Å². The van der Waals surface area contributed by atoms with Crippen LogP contribution >= 0.6 is 0 Å². The van der Waals surface area contributed by atoms with Crippen molar-refractivity contribution < 1.29 is 19.0 Å². The van der Waals surface area contributed by atoms with E-state index >= 15 is 0 Å². The molecule has 0 saturated carbocycles. The summed E-state index contributed by atoms with van der Waals surface area (Å²) < 4.78 is 18.7. The summed E-state index contributed by atoms with van der Waals surface area (Å²) in [5.41, 5.74) is 1.64. The van der Waals surface area contributed by atoms with E-state index in [4.69, 9.17) is 4.74 Å². The van der Waals surface area contributed by atoms with Gasteiger partial charge in [-0.1, -0.05) is 36.4 Å². The van der Waals surface area contributed by atoms with Crippen molar-refractivity contribution in [2.24, 2.45) is 0 Å². The minimum atomic E-state index is -0.480. The number of nitrogens with one attached hydrogen (secondary N) is 2. The first-order valence-corrected chi connectivity index (χ1v) is 8.08. The highest BCUT2D eigenvalue weighted by Crippen LogP contribution is 2.21. The summed E-state index contributed by atoms with van der Waals surface area (Å²) in [4.78, 5) is 12.1. The zero-order valence-electron chi connectivity index (χ0n) is 14.3. The second kappa shape index (κ2) is 9.03. The van der Waals surface area contributed by atoms with Gasteiger partial charge < -0.3 is 20.5 Å². The molecule has 2 unspecified atom stereocenters. The van der Waals surface area contributed by atoms with Gasteiger partial charge in [-0.25, -0.2) is 9.18 Å². The van der Waals surface area contributed by atoms with Crippen LogP contribution in [0.1, 0.15) is 24.1 Å². The molecular weight excluding hydrogens is 323 g/mol. The van der Waals surface area contributed by atoms with Crippen LogP contribution in [0, 0.1) is 5.82 Å². The van der Waals surface area contributed by atoms with E-state index in [1.807, 2.05) is 30.3 Å². The molecule has 0 heterocycles. The normalized spacial score (nSPS) is 13.0. The predicted molar refractivity (Wildman–Crippen MR) is 94.1 cm³/mol. The molecule has 0 fully saturated rings. The van der Waals surface area contributed by atoms with Crippen molar-refractivity contribution in [3.8, 4) is 5.75 Å². The summed E-state index contributed by atoms with van der Waals surface area (Å²) in [6, 6.07) is 12.9. The average molecular weight is 346 g/mol. The number of halogens is 1. The van der Waals surface area contributed by atoms with Gasteiger partial charge in [0.2, 0.25) is 0 Å². The zero-order chi connectivity index (χ0) is 18.2. The number of carbonyl (C=O) groups excluding carboxylic acids is 1. The lowest BCUT2D eigenvalue weighted by Gasteiger charge is -2.20. The minimum absolute atomic E-state index is 0.156. The molecule has 0 spiro atoms. The highest BCUT2D eigenvalue weighted by atomic mass is 19.1. The SMILES string of the molecule is COc1ccc(C(C)NC(=O)NC(CO)Cc2ccccc2)cc1F. The fraction of sp³-hybridized carbons (Fsp3) is 0.316. The van der Waals surface area contributed by atoms with Crippen molar-refractivity contribution in [1.82, 2.24) is 10.6 Å². The first-order chi connectivity index (χ1) is 12.0. The Bertz CT molecular complexity index is 694. The van der Waals surface area contributed by atoms with Crippen molar-refractivity contribution >= 4 is 6.03 Å². The zero-order valence-corrected chi connectivity index (χ0v) is 14.3. The van der Waals surface area contributed by atoms with Gasteiger partial charge in [0, 0.05) is 0 Å². The number of methoxy groups -OCH3 is 1. The number of carbonyl (C=O) groups is 1. The van der Waals surface area contributed by atoms with Gasteiger partial charge in [0.1, 0.15) is 0 Å². The molecule has 0 aromatic heterocycles. The summed E-state index contributed by atoms with van der Waals surface area (Å²) in [5, 5.41) is 15.0. The molecule has 0 aliphatic heterocycles. The summed E-state index contributed by atoms with van der Waals surface area (Å²) in [5.74, 6) is -0.324. The van der Waals surface area contributed by atoms with E-state index < -0.39 is 23.9 Å². The topological polar surface area (TPSA) is 70.6 Å². The summed E-state index contributed by atoms with van der Waals surface area (Å²) in [7, 11) is 1.40. The number of hydrogen-bond acceptors (Lipinski definition) is 3. The molecule has 0 aliphatic carbocycles. The van der Waals surface area contributed by atoms with Crippen LogP contribution in [0.3, 0.4) is 0 Å². The molecule has 25 heavy (non-hydrogen) atoms. The number of ether oxygens (including phenoxy) is 1. The molecule has 0 radical (unpaired) electrons. The van der Waals surface area contributed by atoms with Crippen LogP contribution < -0.4 is 15.4 Å². The van der Waals surface area contributed by atoms with E-state index in [-0.39, 0.29) is 12.4 Å². The summed E-state index contributed by atoms with van der Waals surface area (Å²) in [6.07, 6.45) is 0.524. The average Bonchev–Trinajstić information content (AvgIpc) is 2.61. The Morgan fingerprint density at radius 3 is 2.52 bits per heavy atom. The largest absolute Gasteiger partial charge is 0.494 e. The second-order valence-corrected chi connectivity index (χ2v) is 5.80. The van der Waals surface area contributed by atoms with E-state index in [0.29, 0.717) is 12.0 Å². The predicted octanol–water partition coefficient (Wildman–Crippen LogP) is 2.80.